The van der Waals surface area contributed by atoms with Gasteiger partial charge in [0.25, 0.3) is 5.79 Å². The summed E-state index contributed by atoms with van der Waals surface area (Å²) in [6.07, 6.45) is -19.2. The molecule has 1 aromatic heterocycles. The van der Waals surface area contributed by atoms with Crippen molar-refractivity contribution in [1.29, 1.82) is 0 Å². The highest BCUT2D eigenvalue weighted by Gasteiger charge is 2.64. The molecule has 6 aliphatic rings. The van der Waals surface area contributed by atoms with Crippen molar-refractivity contribution in [2.75, 3.05) is 62.8 Å². The Morgan fingerprint density at radius 2 is 1.63 bits per heavy atom. The van der Waals surface area contributed by atoms with Crippen molar-refractivity contribution in [1.82, 2.24) is 35.8 Å². The molecule has 4 fully saturated rings. The van der Waals surface area contributed by atoms with Crippen molar-refractivity contribution in [3.63, 3.8) is 0 Å². The number of aliphatic hydroxyl groups is 8. The number of alkyl carbamates (subject to hydrolysis) is 1. The Hall–Kier alpha value is -7.79. The molecule has 0 radical (unpaired) electrons. The molecule has 0 aliphatic carbocycles. The van der Waals surface area contributed by atoms with Crippen molar-refractivity contribution < 1.29 is 122 Å². The van der Waals surface area contributed by atoms with Gasteiger partial charge in [-0.05, 0) is 69.4 Å². The number of rotatable bonds is 26. The number of thioether (sulfide) groups is 1. The van der Waals surface area contributed by atoms with Crippen LogP contribution in [-0.2, 0) is 86.2 Å². The number of para-hydroxylation sites is 1. The number of hydrogen-bond acceptors (Lipinski definition) is 27. The second-order valence-electron chi connectivity index (χ2n) is 30.2. The Bertz CT molecular complexity index is 4160. The van der Waals surface area contributed by atoms with Gasteiger partial charge in [0.2, 0.25) is 29.5 Å². The van der Waals surface area contributed by atoms with Crippen LogP contribution >= 0.6 is 23.4 Å². The number of methoxy groups -OCH3 is 2. The molecule has 7 heterocycles. The minimum atomic E-state index is -2.84. The van der Waals surface area contributed by atoms with Gasteiger partial charge in [-0.2, -0.15) is 11.8 Å². The molecule has 6 amide bonds. The molecule has 0 saturated carbocycles. The number of allylic oxidation sites excluding steroid dienone is 3. The molecule has 4 bridgehead atoms. The van der Waals surface area contributed by atoms with Gasteiger partial charge in [0, 0.05) is 83.2 Å². The summed E-state index contributed by atoms with van der Waals surface area (Å²) in [5, 5.41) is 120. The number of benzene rings is 3. The second-order valence-corrected chi connectivity index (χ2v) is 31.7. The predicted octanol–water partition coefficient (Wildman–Crippen LogP) is 2.45. The molecule has 21 atom stereocenters. The van der Waals surface area contributed by atoms with Crippen molar-refractivity contribution in [3.8, 4) is 28.3 Å². The highest BCUT2D eigenvalue weighted by atomic mass is 35.5. The quantitative estimate of drug-likeness (QED) is 0.0244. The number of aliphatic carboxylic acids is 1. The topological polar surface area (TPSA) is 464 Å². The van der Waals surface area contributed by atoms with E-state index in [-0.39, 0.29) is 66.9 Å². The number of carboxylic acids is 1. The molecule has 10 rings (SSSR count). The Morgan fingerprint density at radius 3 is 2.32 bits per heavy atom. The molecule has 113 heavy (non-hydrogen) atoms. The van der Waals surface area contributed by atoms with Crippen LogP contribution in [0.15, 0.2) is 84.5 Å². The molecule has 3 aromatic carbocycles. The number of nitrogens with one attached hydrogen (secondary N) is 3. The molecule has 20 unspecified atom stereocenters. The molecule has 620 valence electrons. The summed E-state index contributed by atoms with van der Waals surface area (Å²) < 4.78 is 54.6. The van der Waals surface area contributed by atoms with Crippen molar-refractivity contribution in [3.05, 3.63) is 101 Å². The molecule has 0 spiro atoms. The standard InChI is InChI=1S/C77H104ClN9O25S/c1-38(2)42(6)107-72-68(98)67(97)66(96)54(108-72)36-106-77(73(100)101)32-50(89)63(80-43(7)88)69(111-77)65(95)51(90)35-87-64-46-20-14-13-19-45(46)34-86(48-22-16-15-21-47(48)62(64)82-83-87)59(93)24-26-79-57(91)37-113-27-25-58(92)84(9)41(5)71(99)110-56-31-60(94)85(10)49-29-44(30-52(104-11)61(49)78)28-39(3)18-17-23-55(105-12)76(103)33-53(109-74(102)81-76)40(4)70-75(56,8)112-70/h13-23,29-30,38,40-42,50-51,53-56,63,65-72,89-90,95-99,103H,24-28,31-37H2,1-12H3,(H,79,91)(H,80,88)(H,81,102)(H,100,101)/b23-17+,39-18+/t40?,41?,42?,50?,51?,53?,54?,55?,56?,63?,65-,66?,67?,68?,69?,70?,71?,72?,75?,76?,77?/m0/s1. The number of hydrogen-bond donors (Lipinski definition) is 12. The lowest BCUT2D eigenvalue weighted by Gasteiger charge is -2.47. The number of nitrogens with zero attached hydrogens (tertiary/aromatic N) is 6. The van der Waals surface area contributed by atoms with Gasteiger partial charge in [-0.1, -0.05) is 104 Å². The number of epoxide rings is 1. The third kappa shape index (κ3) is 19.7. The predicted molar refractivity (Wildman–Crippen MR) is 407 cm³/mol. The van der Waals surface area contributed by atoms with Crippen LogP contribution in [-0.4, -0.2) is 282 Å². The number of ether oxygens (including phenoxy) is 9. The minimum Gasteiger partial charge on any atom is -0.495 e. The highest BCUT2D eigenvalue weighted by Crippen LogP contribution is 2.50. The summed E-state index contributed by atoms with van der Waals surface area (Å²) in [4.78, 5) is 99.5. The van der Waals surface area contributed by atoms with Crippen molar-refractivity contribution in [2.45, 2.75) is 228 Å². The maximum Gasteiger partial charge on any atom is 0.409 e. The number of anilines is 2. The van der Waals surface area contributed by atoms with E-state index in [1.54, 1.807) is 108 Å². The van der Waals surface area contributed by atoms with Crippen molar-refractivity contribution >= 4 is 76.3 Å². The lowest BCUT2D eigenvalue weighted by molar-refractivity contribution is -0.342. The summed E-state index contributed by atoms with van der Waals surface area (Å²) in [5.41, 5.74) is 1.25. The Morgan fingerprint density at radius 1 is 0.920 bits per heavy atom. The second kappa shape index (κ2) is 37.0. The first-order valence-corrected chi connectivity index (χ1v) is 38.9. The molecule has 36 heteroatoms. The number of aromatic nitrogens is 3. The van der Waals surface area contributed by atoms with E-state index >= 15 is 0 Å². The van der Waals surface area contributed by atoms with Crippen LogP contribution in [0.25, 0.3) is 22.5 Å². The average Bonchev–Trinajstić information content (AvgIpc) is 1.58. The van der Waals surface area contributed by atoms with Gasteiger partial charge in [-0.3, -0.25) is 29.3 Å². The zero-order valence-corrected chi connectivity index (χ0v) is 66.6. The van der Waals surface area contributed by atoms with Crippen LogP contribution in [0.3, 0.4) is 0 Å². The molecule has 6 aliphatic heterocycles. The Kier molecular flexibility index (Phi) is 28.7. The van der Waals surface area contributed by atoms with E-state index < -0.39 is 188 Å². The van der Waals surface area contributed by atoms with Gasteiger partial charge in [-0.15, -0.1) is 5.10 Å². The fourth-order valence-corrected chi connectivity index (χ4v) is 15.8. The van der Waals surface area contributed by atoms with Crippen LogP contribution in [0, 0.1) is 11.8 Å². The Balaban J connectivity index is 0.756. The lowest BCUT2D eigenvalue weighted by atomic mass is 9.83. The first-order chi connectivity index (χ1) is 53.4. The first-order valence-electron chi connectivity index (χ1n) is 37.4. The van der Waals surface area contributed by atoms with E-state index in [0.717, 1.165) is 29.8 Å². The Labute approximate surface area is 662 Å². The zero-order chi connectivity index (χ0) is 82.5. The van der Waals surface area contributed by atoms with Gasteiger partial charge in [-0.25, -0.2) is 14.3 Å². The van der Waals surface area contributed by atoms with Crippen LogP contribution in [0.1, 0.15) is 98.6 Å². The number of likely N-dealkylation sites (N-methyl/N-ethyl adjacent to an activating group) is 1. The molecular weight excluding hydrogens is 1520 g/mol. The van der Waals surface area contributed by atoms with Gasteiger partial charge in [0.1, 0.15) is 83.1 Å². The minimum absolute atomic E-state index is 0.0164. The van der Waals surface area contributed by atoms with Gasteiger partial charge in [0.15, 0.2) is 18.3 Å². The number of carbonyl (C=O) groups is 7. The summed E-state index contributed by atoms with van der Waals surface area (Å²) in [6, 6.07) is 14.8. The number of halogens is 1. The van der Waals surface area contributed by atoms with Crippen LogP contribution in [0.2, 0.25) is 5.02 Å². The molecular formula is C77H104ClN9O25S. The van der Waals surface area contributed by atoms with E-state index in [2.05, 4.69) is 26.3 Å². The molecule has 34 nitrogen and oxygen atoms in total. The maximum absolute atomic E-state index is 14.6. The van der Waals surface area contributed by atoms with Gasteiger partial charge < -0.3 is 114 Å². The zero-order valence-electron chi connectivity index (χ0n) is 65.0. The monoisotopic (exact) mass is 1620 g/mol. The average molecular weight is 1620 g/mol. The number of amides is 6. The molecule has 4 saturated heterocycles. The SMILES string of the molecule is COc1cc2cc(c1Cl)N(C)C(=O)CC(OC(O)C(C)N(C)C(=O)CCSCC(=O)NCCC(=O)N1Cc3ccccc3-c3c(nnn3CC(O)[C@H](O)C3OC(OCC4OC(OC(C)C(C)C)C(O)C(O)C4O)(C(=O)O)CC(O)C3NC(C)=O)-c3ccccc31)C1(C)OC1C(C)C1CC(O)(NC(=O)O1)C(OC)/C=C/C=C(\C)C2. The van der Waals surface area contributed by atoms with Crippen LogP contribution < -0.4 is 30.5 Å². The van der Waals surface area contributed by atoms with E-state index in [9.17, 15) is 79.5 Å². The lowest BCUT2D eigenvalue weighted by Crippen LogP contribution is -2.68. The normalized spacial score (nSPS) is 30.6. The molecule has 4 aromatic rings. The maximum atomic E-state index is 14.6. The summed E-state index contributed by atoms with van der Waals surface area (Å²) in [7, 11) is 5.89. The fraction of sp³-hybridized carbons (Fsp3) is 0.597. The van der Waals surface area contributed by atoms with Gasteiger partial charge in [0.05, 0.1) is 86.4 Å². The third-order valence-electron chi connectivity index (χ3n) is 21.9. The van der Waals surface area contributed by atoms with E-state index in [0.29, 0.717) is 45.9 Å². The fourth-order valence-electron chi connectivity index (χ4n) is 14.7. The highest BCUT2D eigenvalue weighted by molar-refractivity contribution is 7.99. The summed E-state index contributed by atoms with van der Waals surface area (Å²) in [6.45, 7) is 11.9. The van der Waals surface area contributed by atoms with E-state index in [4.69, 9.17) is 54.2 Å². The first kappa shape index (κ1) is 87.6. The van der Waals surface area contributed by atoms with Crippen LogP contribution in [0.5, 0.6) is 5.75 Å². The summed E-state index contributed by atoms with van der Waals surface area (Å²) >= 11 is 8.04. The summed E-state index contributed by atoms with van der Waals surface area (Å²) in [5.74, 6) is -7.37. The number of fused-ring (bicyclic) bond motifs is 10. The van der Waals surface area contributed by atoms with Crippen LogP contribution in [0.4, 0.5) is 16.2 Å². The van der Waals surface area contributed by atoms with Crippen molar-refractivity contribution in [2.24, 2.45) is 11.8 Å². The smallest absolute Gasteiger partial charge is 0.409 e. The van der Waals surface area contributed by atoms with E-state index in [1.807, 2.05) is 26.8 Å². The number of carboxylic acid groups (broad SMARTS) is 1. The number of carbonyl (C=O) groups excluding carboxylic acids is 6. The molecule has 12 N–H and O–H groups in total. The number of aliphatic hydroxyl groups excluding tert-OH is 7. The largest absolute Gasteiger partial charge is 0.495 e. The van der Waals surface area contributed by atoms with E-state index in [1.165, 1.54) is 40.6 Å². The van der Waals surface area contributed by atoms with Gasteiger partial charge >= 0.3 is 12.1 Å². The third-order valence-corrected chi connectivity index (χ3v) is 23.2.